The van der Waals surface area contributed by atoms with Gasteiger partial charge in [-0.25, -0.2) is 0 Å². The minimum absolute atomic E-state index is 0.150. The highest BCUT2D eigenvalue weighted by Crippen LogP contribution is 2.14. The molecule has 1 aromatic heterocycles. The smallest absolute Gasteiger partial charge is 0.237 e. The fourth-order valence-electron chi connectivity index (χ4n) is 2.19. The highest BCUT2D eigenvalue weighted by Gasteiger charge is 2.29. The first-order chi connectivity index (χ1) is 8.20. The Labute approximate surface area is 101 Å². The first-order valence-corrected chi connectivity index (χ1v) is 5.91. The van der Waals surface area contributed by atoms with Crippen molar-refractivity contribution in [2.24, 2.45) is 5.73 Å². The summed E-state index contributed by atoms with van der Waals surface area (Å²) in [6.45, 7) is 2.40. The summed E-state index contributed by atoms with van der Waals surface area (Å²) in [6, 6.07) is 4.09. The number of amides is 1. The summed E-state index contributed by atoms with van der Waals surface area (Å²) < 4.78 is 5.27. The van der Waals surface area contributed by atoms with Crippen molar-refractivity contribution >= 4 is 5.91 Å². The van der Waals surface area contributed by atoms with Gasteiger partial charge in [0.25, 0.3) is 0 Å². The Balaban J connectivity index is 1.99. The van der Waals surface area contributed by atoms with E-state index in [-0.39, 0.29) is 5.91 Å². The summed E-state index contributed by atoms with van der Waals surface area (Å²) in [5.74, 6) is 0.978. The van der Waals surface area contributed by atoms with Gasteiger partial charge in [-0.2, -0.15) is 0 Å². The molecule has 0 bridgehead atoms. The number of rotatable bonds is 4. The second-order valence-electron chi connectivity index (χ2n) is 4.50. The van der Waals surface area contributed by atoms with E-state index in [4.69, 9.17) is 10.2 Å². The fourth-order valence-corrected chi connectivity index (χ4v) is 2.19. The van der Waals surface area contributed by atoms with Crippen LogP contribution in [0.15, 0.2) is 22.8 Å². The molecule has 1 aromatic rings. The van der Waals surface area contributed by atoms with Gasteiger partial charge in [-0.1, -0.05) is 0 Å². The zero-order valence-corrected chi connectivity index (χ0v) is 10.1. The third-order valence-corrected chi connectivity index (χ3v) is 3.22. The molecule has 2 heterocycles. The molecule has 2 rings (SSSR count). The molecule has 1 saturated heterocycles. The number of piperazine rings is 1. The number of likely N-dealkylation sites (N-methyl/N-ethyl adjacent to an activating group) is 1. The second-order valence-corrected chi connectivity index (χ2v) is 4.50. The Hall–Kier alpha value is -1.33. The molecule has 5 heteroatoms. The van der Waals surface area contributed by atoms with Crippen LogP contribution in [-0.2, 0) is 11.3 Å². The lowest BCUT2D eigenvalue weighted by Crippen LogP contribution is -2.54. The molecule has 0 saturated carbocycles. The SMILES string of the molecule is CN1CC(=O)N(Cc2ccco2)CC1CCN. The molecular weight excluding hydrogens is 218 g/mol. The monoisotopic (exact) mass is 237 g/mol. The molecular formula is C12H19N3O2. The van der Waals surface area contributed by atoms with Gasteiger partial charge in [-0.3, -0.25) is 9.69 Å². The number of furan rings is 1. The number of hydrogen-bond donors (Lipinski definition) is 1. The van der Waals surface area contributed by atoms with Crippen LogP contribution in [0.5, 0.6) is 0 Å². The van der Waals surface area contributed by atoms with E-state index in [0.717, 1.165) is 18.7 Å². The minimum atomic E-state index is 0.150. The van der Waals surface area contributed by atoms with Gasteiger partial charge in [-0.15, -0.1) is 0 Å². The van der Waals surface area contributed by atoms with E-state index in [1.807, 2.05) is 24.1 Å². The molecule has 0 spiro atoms. The number of nitrogens with two attached hydrogens (primary N) is 1. The number of carbonyl (C=O) groups excluding carboxylic acids is 1. The molecule has 1 atom stereocenters. The Bertz CT molecular complexity index is 364. The first-order valence-electron chi connectivity index (χ1n) is 5.91. The van der Waals surface area contributed by atoms with Crippen LogP contribution in [0.1, 0.15) is 12.2 Å². The van der Waals surface area contributed by atoms with Gasteiger partial charge in [0, 0.05) is 12.6 Å². The van der Waals surface area contributed by atoms with E-state index in [9.17, 15) is 4.79 Å². The summed E-state index contributed by atoms with van der Waals surface area (Å²) in [5, 5.41) is 0. The number of carbonyl (C=O) groups is 1. The molecule has 17 heavy (non-hydrogen) atoms. The van der Waals surface area contributed by atoms with Crippen LogP contribution in [0.3, 0.4) is 0 Å². The molecule has 2 N–H and O–H groups in total. The average molecular weight is 237 g/mol. The van der Waals surface area contributed by atoms with E-state index in [2.05, 4.69) is 4.90 Å². The third kappa shape index (κ3) is 2.87. The van der Waals surface area contributed by atoms with E-state index >= 15 is 0 Å². The first kappa shape index (κ1) is 12.1. The Kier molecular flexibility index (Phi) is 3.81. The molecule has 0 radical (unpaired) electrons. The summed E-state index contributed by atoms with van der Waals surface area (Å²) in [7, 11) is 1.97. The van der Waals surface area contributed by atoms with E-state index in [0.29, 0.717) is 25.7 Å². The predicted octanol–water partition coefficient (Wildman–Crippen LogP) is 0.271. The van der Waals surface area contributed by atoms with Crippen molar-refractivity contribution in [3.05, 3.63) is 24.2 Å². The van der Waals surface area contributed by atoms with Gasteiger partial charge in [0.15, 0.2) is 0 Å². The lowest BCUT2D eigenvalue weighted by atomic mass is 10.1. The molecule has 1 unspecified atom stereocenters. The van der Waals surface area contributed by atoms with Crippen molar-refractivity contribution < 1.29 is 9.21 Å². The maximum absolute atomic E-state index is 11.9. The largest absolute Gasteiger partial charge is 0.467 e. The topological polar surface area (TPSA) is 62.7 Å². The highest BCUT2D eigenvalue weighted by atomic mass is 16.3. The zero-order valence-electron chi connectivity index (χ0n) is 10.1. The van der Waals surface area contributed by atoms with Crippen molar-refractivity contribution in [1.82, 2.24) is 9.80 Å². The van der Waals surface area contributed by atoms with Gasteiger partial charge >= 0.3 is 0 Å². The van der Waals surface area contributed by atoms with Crippen LogP contribution in [0.25, 0.3) is 0 Å². The van der Waals surface area contributed by atoms with Crippen molar-refractivity contribution in [1.29, 1.82) is 0 Å². The lowest BCUT2D eigenvalue weighted by Gasteiger charge is -2.38. The van der Waals surface area contributed by atoms with E-state index in [1.165, 1.54) is 0 Å². The van der Waals surface area contributed by atoms with Crippen LogP contribution in [0.2, 0.25) is 0 Å². The average Bonchev–Trinajstić information content (AvgIpc) is 2.78. The van der Waals surface area contributed by atoms with Gasteiger partial charge < -0.3 is 15.1 Å². The van der Waals surface area contributed by atoms with Crippen LogP contribution in [0.4, 0.5) is 0 Å². The standard InChI is InChI=1S/C12H19N3O2/c1-14-9-12(16)15(7-10(14)4-5-13)8-11-3-2-6-17-11/h2-3,6,10H,4-5,7-9,13H2,1H3. The van der Waals surface area contributed by atoms with Crippen LogP contribution in [0, 0.1) is 0 Å². The van der Waals surface area contributed by atoms with Gasteiger partial charge in [0.1, 0.15) is 5.76 Å². The normalized spacial score (nSPS) is 22.1. The summed E-state index contributed by atoms with van der Waals surface area (Å²) in [4.78, 5) is 15.8. The maximum Gasteiger partial charge on any atom is 0.237 e. The molecule has 1 aliphatic heterocycles. The van der Waals surface area contributed by atoms with Gasteiger partial charge in [0.05, 0.1) is 19.4 Å². The Morgan fingerprint density at radius 3 is 3.06 bits per heavy atom. The van der Waals surface area contributed by atoms with Crippen LogP contribution < -0.4 is 5.73 Å². The fraction of sp³-hybridized carbons (Fsp3) is 0.583. The van der Waals surface area contributed by atoms with Crippen molar-refractivity contribution in [2.45, 2.75) is 19.0 Å². The van der Waals surface area contributed by atoms with Gasteiger partial charge in [-0.05, 0) is 32.1 Å². The summed E-state index contributed by atoms with van der Waals surface area (Å²) in [6.07, 6.45) is 2.55. The molecule has 0 aromatic carbocycles. The van der Waals surface area contributed by atoms with E-state index in [1.54, 1.807) is 6.26 Å². The number of hydrogen-bond acceptors (Lipinski definition) is 4. The molecule has 0 aliphatic carbocycles. The molecule has 1 aliphatic rings. The molecule has 5 nitrogen and oxygen atoms in total. The molecule has 1 fully saturated rings. The molecule has 94 valence electrons. The van der Waals surface area contributed by atoms with Crippen LogP contribution in [-0.4, -0.2) is 48.4 Å². The Morgan fingerprint density at radius 1 is 1.59 bits per heavy atom. The minimum Gasteiger partial charge on any atom is -0.467 e. The van der Waals surface area contributed by atoms with Crippen molar-refractivity contribution in [2.75, 3.05) is 26.7 Å². The van der Waals surface area contributed by atoms with Crippen LogP contribution >= 0.6 is 0 Å². The number of nitrogens with zero attached hydrogens (tertiary/aromatic N) is 2. The van der Waals surface area contributed by atoms with Crippen molar-refractivity contribution in [3.63, 3.8) is 0 Å². The zero-order chi connectivity index (χ0) is 12.3. The summed E-state index contributed by atoms with van der Waals surface area (Å²) >= 11 is 0. The molecule has 1 amide bonds. The second kappa shape index (κ2) is 5.33. The van der Waals surface area contributed by atoms with Crippen molar-refractivity contribution in [3.8, 4) is 0 Å². The summed E-state index contributed by atoms with van der Waals surface area (Å²) in [5.41, 5.74) is 5.59. The van der Waals surface area contributed by atoms with E-state index < -0.39 is 0 Å². The Morgan fingerprint density at radius 2 is 2.41 bits per heavy atom. The maximum atomic E-state index is 11.9. The predicted molar refractivity (Wildman–Crippen MR) is 64.2 cm³/mol. The van der Waals surface area contributed by atoms with Gasteiger partial charge in [0.2, 0.25) is 5.91 Å². The lowest BCUT2D eigenvalue weighted by molar-refractivity contribution is -0.138. The quantitative estimate of drug-likeness (QED) is 0.816. The highest BCUT2D eigenvalue weighted by molar-refractivity contribution is 5.79. The third-order valence-electron chi connectivity index (χ3n) is 3.22.